The van der Waals surface area contributed by atoms with Crippen molar-refractivity contribution in [1.82, 2.24) is 9.80 Å². The molecular weight excluding hydrogens is 328 g/mol. The summed E-state index contributed by atoms with van der Waals surface area (Å²) in [4.78, 5) is 5.35. The summed E-state index contributed by atoms with van der Waals surface area (Å²) in [5, 5.41) is 0. The third-order valence-corrected chi connectivity index (χ3v) is 7.09. The van der Waals surface area contributed by atoms with Gasteiger partial charge >= 0.3 is 0 Å². The van der Waals surface area contributed by atoms with Gasteiger partial charge in [-0.1, -0.05) is 24.3 Å². The van der Waals surface area contributed by atoms with Crippen LogP contribution in [0.25, 0.3) is 0 Å². The van der Waals surface area contributed by atoms with Crippen LogP contribution >= 0.6 is 0 Å². The molecule has 0 radical (unpaired) electrons. The zero-order valence-corrected chi connectivity index (χ0v) is 17.6. The van der Waals surface area contributed by atoms with Crippen molar-refractivity contribution < 1.29 is 0 Å². The van der Waals surface area contributed by atoms with Gasteiger partial charge < -0.3 is 9.80 Å². The molecule has 0 aromatic heterocycles. The maximum Gasteiger partial charge on any atom is -0.000654 e. The van der Waals surface area contributed by atoms with Crippen LogP contribution in [0.15, 0.2) is 50.6 Å². The Morgan fingerprint density at radius 2 is 0.852 bits per heavy atom. The molecule has 0 saturated carbocycles. The summed E-state index contributed by atoms with van der Waals surface area (Å²) in [5.41, 5.74) is 0.874. The predicted octanol–water partition coefficient (Wildman–Crippen LogP) is 5.85. The molecule has 2 rings (SSSR count). The van der Waals surface area contributed by atoms with E-state index < -0.39 is 0 Å². The molecule has 2 nitrogen and oxygen atoms in total. The van der Waals surface area contributed by atoms with Crippen molar-refractivity contribution in [3.05, 3.63) is 50.6 Å². The summed E-state index contributed by atoms with van der Waals surface area (Å²) in [6.07, 6.45) is 19.4. The van der Waals surface area contributed by atoms with Gasteiger partial charge in [-0.05, 0) is 108 Å². The highest BCUT2D eigenvalue weighted by Gasteiger charge is 2.33. The molecule has 0 amide bonds. The zero-order valence-electron chi connectivity index (χ0n) is 17.6. The molecule has 0 aromatic carbocycles. The quantitative estimate of drug-likeness (QED) is 0.398. The van der Waals surface area contributed by atoms with Crippen LogP contribution in [0.5, 0.6) is 0 Å². The first-order valence-electron chi connectivity index (χ1n) is 11.0. The molecule has 0 bridgehead atoms. The second-order valence-electron chi connectivity index (χ2n) is 9.01. The van der Waals surface area contributed by atoms with E-state index in [0.29, 0.717) is 10.8 Å². The Kier molecular flexibility index (Phi) is 9.05. The number of piperidine rings is 2. The average molecular weight is 371 g/mol. The van der Waals surface area contributed by atoms with Gasteiger partial charge in [0.25, 0.3) is 0 Å². The second kappa shape index (κ2) is 11.0. The van der Waals surface area contributed by atoms with Crippen LogP contribution in [0, 0.1) is 10.8 Å². The Hall–Kier alpha value is -1.12. The van der Waals surface area contributed by atoms with Gasteiger partial charge in [-0.25, -0.2) is 0 Å². The lowest BCUT2D eigenvalue weighted by Gasteiger charge is -2.42. The molecule has 2 heteroatoms. The normalized spacial score (nSPS) is 22.8. The maximum atomic E-state index is 3.97. The number of rotatable bonds is 12. The van der Waals surface area contributed by atoms with Gasteiger partial charge in [0.2, 0.25) is 0 Å². The van der Waals surface area contributed by atoms with Crippen molar-refractivity contribution in [3.8, 4) is 0 Å². The lowest BCUT2D eigenvalue weighted by molar-refractivity contribution is 0.0877. The monoisotopic (exact) mass is 370 g/mol. The molecule has 0 aromatic rings. The molecule has 2 aliphatic heterocycles. The van der Waals surface area contributed by atoms with Gasteiger partial charge in [-0.2, -0.15) is 0 Å². The molecule has 0 N–H and O–H groups in total. The molecule has 0 unspecified atom stereocenters. The van der Waals surface area contributed by atoms with E-state index >= 15 is 0 Å². The fraction of sp³-hybridized carbons (Fsp3) is 0.680. The fourth-order valence-corrected chi connectivity index (χ4v) is 5.23. The number of nitrogens with zero attached hydrogens (tertiary/aromatic N) is 2. The first-order valence-corrected chi connectivity index (χ1v) is 11.0. The summed E-state index contributed by atoms with van der Waals surface area (Å²) < 4.78 is 0. The molecule has 27 heavy (non-hydrogen) atoms. The van der Waals surface area contributed by atoms with Gasteiger partial charge in [0.15, 0.2) is 0 Å². The Morgan fingerprint density at radius 3 is 1.11 bits per heavy atom. The molecular formula is C25H42N2. The summed E-state index contributed by atoms with van der Waals surface area (Å²) in [6, 6.07) is 0. The average Bonchev–Trinajstić information content (AvgIpc) is 2.66. The molecule has 2 heterocycles. The third-order valence-electron chi connectivity index (χ3n) is 7.09. The predicted molar refractivity (Wildman–Crippen MR) is 120 cm³/mol. The largest absolute Gasteiger partial charge is 0.303 e. The molecule has 2 fully saturated rings. The lowest BCUT2D eigenvalue weighted by atomic mass is 9.73. The highest BCUT2D eigenvalue weighted by Crippen LogP contribution is 2.40. The van der Waals surface area contributed by atoms with Crippen molar-refractivity contribution in [2.75, 3.05) is 39.3 Å². The summed E-state index contributed by atoms with van der Waals surface area (Å²) >= 11 is 0. The van der Waals surface area contributed by atoms with Crippen molar-refractivity contribution in [2.45, 2.75) is 57.8 Å². The van der Waals surface area contributed by atoms with Crippen molar-refractivity contribution in [3.63, 3.8) is 0 Å². The standard InChI is InChI=1S/C25H42N2/c1-5-10-24(11-6-2)14-20-26(21-15-24)18-9-19-27-22-16-25(12-7-3,13-8-4)17-23-27/h5-8H,1-4,9-23H2. The van der Waals surface area contributed by atoms with E-state index in [-0.39, 0.29) is 0 Å². The minimum Gasteiger partial charge on any atom is -0.303 e. The zero-order chi connectivity index (χ0) is 19.6. The van der Waals surface area contributed by atoms with Gasteiger partial charge in [0.1, 0.15) is 0 Å². The Bertz CT molecular complexity index is 409. The van der Waals surface area contributed by atoms with Gasteiger partial charge in [0.05, 0.1) is 0 Å². The van der Waals surface area contributed by atoms with E-state index in [2.05, 4.69) is 60.4 Å². The van der Waals surface area contributed by atoms with Crippen LogP contribution in [-0.2, 0) is 0 Å². The Balaban J connectivity index is 1.68. The van der Waals surface area contributed by atoms with Crippen LogP contribution in [-0.4, -0.2) is 49.1 Å². The fourth-order valence-electron chi connectivity index (χ4n) is 5.23. The molecule has 2 aliphatic rings. The van der Waals surface area contributed by atoms with E-state index in [1.807, 2.05) is 0 Å². The molecule has 0 spiro atoms. The highest BCUT2D eigenvalue weighted by molar-refractivity contribution is 4.96. The third kappa shape index (κ3) is 6.47. The van der Waals surface area contributed by atoms with Gasteiger partial charge in [-0.3, -0.25) is 0 Å². The Morgan fingerprint density at radius 1 is 0.556 bits per heavy atom. The van der Waals surface area contributed by atoms with Gasteiger partial charge in [-0.15, -0.1) is 26.3 Å². The number of likely N-dealkylation sites (tertiary alicyclic amines) is 2. The van der Waals surface area contributed by atoms with Gasteiger partial charge in [0, 0.05) is 0 Å². The van der Waals surface area contributed by atoms with Crippen LogP contribution in [0.2, 0.25) is 0 Å². The molecule has 152 valence electrons. The minimum atomic E-state index is 0.437. The second-order valence-corrected chi connectivity index (χ2v) is 9.01. The highest BCUT2D eigenvalue weighted by atomic mass is 15.2. The topological polar surface area (TPSA) is 6.48 Å². The van der Waals surface area contributed by atoms with Crippen LogP contribution in [0.4, 0.5) is 0 Å². The van der Waals surface area contributed by atoms with E-state index in [9.17, 15) is 0 Å². The van der Waals surface area contributed by atoms with E-state index in [1.165, 1.54) is 71.4 Å². The number of allylic oxidation sites excluding steroid dienone is 4. The number of hydrogen-bond acceptors (Lipinski definition) is 2. The smallest absolute Gasteiger partial charge is 0.000654 e. The molecule has 0 atom stereocenters. The SMILES string of the molecule is C=CCC1(CC=C)CCN(CCCN2CCC(CC=C)(CC=C)CC2)CC1. The summed E-state index contributed by atoms with van der Waals surface area (Å²) in [6.45, 7) is 23.3. The minimum absolute atomic E-state index is 0.437. The van der Waals surface area contributed by atoms with E-state index in [1.54, 1.807) is 0 Å². The first kappa shape index (κ1) is 22.2. The van der Waals surface area contributed by atoms with Crippen molar-refractivity contribution >= 4 is 0 Å². The first-order chi connectivity index (χ1) is 13.1. The Labute approximate surface area is 168 Å². The molecule has 0 aliphatic carbocycles. The van der Waals surface area contributed by atoms with Crippen LogP contribution < -0.4 is 0 Å². The molecule has 2 saturated heterocycles. The number of hydrogen-bond donors (Lipinski definition) is 0. The lowest BCUT2D eigenvalue weighted by Crippen LogP contribution is -2.43. The van der Waals surface area contributed by atoms with Crippen LogP contribution in [0.1, 0.15) is 57.8 Å². The van der Waals surface area contributed by atoms with E-state index in [4.69, 9.17) is 0 Å². The van der Waals surface area contributed by atoms with E-state index in [0.717, 1.165) is 25.7 Å². The van der Waals surface area contributed by atoms with Crippen LogP contribution in [0.3, 0.4) is 0 Å². The summed E-state index contributed by atoms with van der Waals surface area (Å²) in [5.74, 6) is 0. The maximum absolute atomic E-state index is 3.97. The van der Waals surface area contributed by atoms with Crippen molar-refractivity contribution in [2.24, 2.45) is 10.8 Å². The van der Waals surface area contributed by atoms with Crippen molar-refractivity contribution in [1.29, 1.82) is 0 Å². The summed E-state index contributed by atoms with van der Waals surface area (Å²) in [7, 11) is 0.